The zero-order valence-corrected chi connectivity index (χ0v) is 11.0. The molecule has 0 aromatic heterocycles. The van der Waals surface area contributed by atoms with Crippen molar-refractivity contribution in [1.29, 1.82) is 0 Å². The van der Waals surface area contributed by atoms with E-state index in [1.807, 2.05) is 0 Å². The van der Waals surface area contributed by atoms with Gasteiger partial charge in [0.25, 0.3) is 0 Å². The van der Waals surface area contributed by atoms with Crippen LogP contribution in [0.4, 0.5) is 4.79 Å². The zero-order chi connectivity index (χ0) is 14.3. The van der Waals surface area contributed by atoms with E-state index in [0.29, 0.717) is 10.6 Å². The van der Waals surface area contributed by atoms with E-state index in [0.717, 1.165) is 0 Å². The molecule has 0 bridgehead atoms. The first-order chi connectivity index (χ1) is 9.04. The Hall–Kier alpha value is -1.34. The second-order valence-corrected chi connectivity index (χ2v) is 4.32. The molecule has 0 heterocycles. The van der Waals surface area contributed by atoms with Crippen molar-refractivity contribution in [2.75, 3.05) is 6.61 Å². The number of nitrogens with one attached hydrogen (secondary N) is 1. The number of nitrogens with two attached hydrogens (primary N) is 1. The lowest BCUT2D eigenvalue weighted by atomic mass is 10.2. The molecular weight excluding hydrogens is 272 g/mol. The summed E-state index contributed by atoms with van der Waals surface area (Å²) >= 11 is 5.90. The van der Waals surface area contributed by atoms with E-state index in [1.165, 1.54) is 0 Å². The van der Waals surface area contributed by atoms with Gasteiger partial charge in [0, 0.05) is 17.2 Å². The third kappa shape index (κ3) is 5.44. The summed E-state index contributed by atoms with van der Waals surface area (Å²) in [5.74, 6) is 0. The van der Waals surface area contributed by atoms with E-state index >= 15 is 0 Å². The van der Waals surface area contributed by atoms with E-state index < -0.39 is 18.4 Å². The molecule has 0 aliphatic carbocycles. The zero-order valence-electron chi connectivity index (χ0n) is 10.3. The Kier molecular flexibility index (Phi) is 6.58. The SMILES string of the molecule is NC(NC(=O)OCc1ccccc1Cl)C(O)CCO. The Morgan fingerprint density at radius 1 is 1.47 bits per heavy atom. The number of amides is 1. The van der Waals surface area contributed by atoms with Crippen LogP contribution in [-0.2, 0) is 11.3 Å². The summed E-state index contributed by atoms with van der Waals surface area (Å²) in [6.45, 7) is -0.209. The molecule has 5 N–H and O–H groups in total. The van der Waals surface area contributed by atoms with E-state index in [-0.39, 0.29) is 19.6 Å². The maximum atomic E-state index is 11.4. The van der Waals surface area contributed by atoms with Crippen molar-refractivity contribution in [2.24, 2.45) is 5.73 Å². The van der Waals surface area contributed by atoms with Gasteiger partial charge in [-0.1, -0.05) is 29.8 Å². The molecule has 2 atom stereocenters. The fourth-order valence-electron chi connectivity index (χ4n) is 1.34. The lowest BCUT2D eigenvalue weighted by molar-refractivity contribution is 0.0848. The molecule has 6 nitrogen and oxygen atoms in total. The largest absolute Gasteiger partial charge is 0.445 e. The molecule has 106 valence electrons. The molecule has 1 aromatic rings. The van der Waals surface area contributed by atoms with E-state index in [9.17, 15) is 9.90 Å². The van der Waals surface area contributed by atoms with Gasteiger partial charge in [-0.2, -0.15) is 0 Å². The van der Waals surface area contributed by atoms with Crippen LogP contribution >= 0.6 is 11.6 Å². The maximum absolute atomic E-state index is 11.4. The summed E-state index contributed by atoms with van der Waals surface area (Å²) in [5, 5.41) is 20.8. The fourth-order valence-corrected chi connectivity index (χ4v) is 1.53. The van der Waals surface area contributed by atoms with Crippen LogP contribution in [0.1, 0.15) is 12.0 Å². The molecule has 0 radical (unpaired) electrons. The van der Waals surface area contributed by atoms with Gasteiger partial charge in [-0.05, 0) is 12.5 Å². The molecule has 7 heteroatoms. The van der Waals surface area contributed by atoms with Gasteiger partial charge in [-0.25, -0.2) is 4.79 Å². The van der Waals surface area contributed by atoms with Gasteiger partial charge in [0.1, 0.15) is 12.8 Å². The highest BCUT2D eigenvalue weighted by molar-refractivity contribution is 6.31. The summed E-state index contributed by atoms with van der Waals surface area (Å²) in [4.78, 5) is 11.4. The van der Waals surface area contributed by atoms with Crippen molar-refractivity contribution < 1.29 is 19.7 Å². The second-order valence-electron chi connectivity index (χ2n) is 3.92. The standard InChI is InChI=1S/C12H17ClN2O4/c13-9-4-2-1-3-8(9)7-19-12(18)15-11(14)10(17)5-6-16/h1-4,10-11,16-17H,5-7,14H2,(H,15,18). The number of ether oxygens (including phenoxy) is 1. The van der Waals surface area contributed by atoms with Gasteiger partial charge < -0.3 is 26.0 Å². The number of halogens is 1. The molecule has 19 heavy (non-hydrogen) atoms. The molecule has 2 unspecified atom stereocenters. The molecule has 0 aliphatic heterocycles. The van der Waals surface area contributed by atoms with Gasteiger partial charge in [0.05, 0.1) is 6.10 Å². The number of hydrogen-bond donors (Lipinski definition) is 4. The average Bonchev–Trinajstić information content (AvgIpc) is 2.38. The van der Waals surface area contributed by atoms with Crippen molar-refractivity contribution in [1.82, 2.24) is 5.32 Å². The predicted octanol–water partition coefficient (Wildman–Crippen LogP) is 0.594. The topological polar surface area (TPSA) is 105 Å². The average molecular weight is 289 g/mol. The van der Waals surface area contributed by atoms with Crippen LogP contribution < -0.4 is 11.1 Å². The quantitative estimate of drug-likeness (QED) is 0.574. The molecule has 0 fully saturated rings. The summed E-state index contributed by atoms with van der Waals surface area (Å²) in [7, 11) is 0. The van der Waals surface area contributed by atoms with Crippen LogP contribution in [0, 0.1) is 0 Å². The molecule has 1 rings (SSSR count). The van der Waals surface area contributed by atoms with Crippen molar-refractivity contribution in [2.45, 2.75) is 25.3 Å². The summed E-state index contributed by atoms with van der Waals surface area (Å²) in [6, 6.07) is 6.97. The Labute approximate surface area is 116 Å². The van der Waals surface area contributed by atoms with Crippen LogP contribution in [0.25, 0.3) is 0 Å². The van der Waals surface area contributed by atoms with Crippen molar-refractivity contribution in [3.05, 3.63) is 34.9 Å². The van der Waals surface area contributed by atoms with E-state index in [2.05, 4.69) is 5.32 Å². The first-order valence-electron chi connectivity index (χ1n) is 5.75. The minimum atomic E-state index is -1.03. The Morgan fingerprint density at radius 3 is 2.79 bits per heavy atom. The Bertz CT molecular complexity index is 416. The van der Waals surface area contributed by atoms with Crippen LogP contribution in [0.3, 0.4) is 0 Å². The molecule has 1 aromatic carbocycles. The molecule has 0 spiro atoms. The maximum Gasteiger partial charge on any atom is 0.408 e. The number of carbonyl (C=O) groups excluding carboxylic acids is 1. The van der Waals surface area contributed by atoms with Crippen molar-refractivity contribution in [3.8, 4) is 0 Å². The number of hydrogen-bond acceptors (Lipinski definition) is 5. The van der Waals surface area contributed by atoms with E-state index in [1.54, 1.807) is 24.3 Å². The van der Waals surface area contributed by atoms with Gasteiger partial charge in [-0.15, -0.1) is 0 Å². The number of aliphatic hydroxyl groups is 2. The number of rotatable bonds is 6. The molecule has 0 saturated heterocycles. The Balaban J connectivity index is 2.38. The van der Waals surface area contributed by atoms with Crippen molar-refractivity contribution in [3.63, 3.8) is 0 Å². The van der Waals surface area contributed by atoms with Gasteiger partial charge in [0.15, 0.2) is 0 Å². The van der Waals surface area contributed by atoms with Crippen LogP contribution in [0.5, 0.6) is 0 Å². The highest BCUT2D eigenvalue weighted by Crippen LogP contribution is 2.15. The van der Waals surface area contributed by atoms with Gasteiger partial charge in [0.2, 0.25) is 0 Å². The van der Waals surface area contributed by atoms with Crippen molar-refractivity contribution >= 4 is 17.7 Å². The lowest BCUT2D eigenvalue weighted by Crippen LogP contribution is -2.50. The normalized spacial score (nSPS) is 13.7. The van der Waals surface area contributed by atoms with Gasteiger partial charge in [-0.3, -0.25) is 0 Å². The minimum absolute atomic E-state index is 0.00826. The summed E-state index contributed by atoms with van der Waals surface area (Å²) in [6.07, 6.45) is -2.71. The first kappa shape index (κ1) is 15.7. The fraction of sp³-hybridized carbons (Fsp3) is 0.417. The van der Waals surface area contributed by atoms with Crippen LogP contribution in [0.15, 0.2) is 24.3 Å². The number of alkyl carbamates (subject to hydrolysis) is 1. The highest BCUT2D eigenvalue weighted by Gasteiger charge is 2.17. The number of benzene rings is 1. The third-order valence-electron chi connectivity index (χ3n) is 2.44. The van der Waals surface area contributed by atoms with Crippen LogP contribution in [-0.4, -0.2) is 35.2 Å². The number of aliphatic hydroxyl groups excluding tert-OH is 2. The predicted molar refractivity (Wildman–Crippen MR) is 70.5 cm³/mol. The molecule has 0 saturated carbocycles. The second kappa shape index (κ2) is 7.96. The summed E-state index contributed by atoms with van der Waals surface area (Å²) in [5.41, 5.74) is 6.17. The Morgan fingerprint density at radius 2 is 2.16 bits per heavy atom. The molecular formula is C12H17ClN2O4. The van der Waals surface area contributed by atoms with Crippen LogP contribution in [0.2, 0.25) is 5.02 Å². The number of carbonyl (C=O) groups is 1. The third-order valence-corrected chi connectivity index (χ3v) is 2.81. The lowest BCUT2D eigenvalue weighted by Gasteiger charge is -2.19. The monoisotopic (exact) mass is 288 g/mol. The van der Waals surface area contributed by atoms with Gasteiger partial charge >= 0.3 is 6.09 Å². The van der Waals surface area contributed by atoms with E-state index in [4.69, 9.17) is 27.2 Å². The minimum Gasteiger partial charge on any atom is -0.445 e. The summed E-state index contributed by atoms with van der Waals surface area (Å²) < 4.78 is 4.92. The highest BCUT2D eigenvalue weighted by atomic mass is 35.5. The molecule has 0 aliphatic rings. The smallest absolute Gasteiger partial charge is 0.408 e. The first-order valence-corrected chi connectivity index (χ1v) is 6.13. The molecule has 1 amide bonds.